The van der Waals surface area contributed by atoms with E-state index in [0.29, 0.717) is 12.3 Å². The Morgan fingerprint density at radius 2 is 1.96 bits per heavy atom. The summed E-state index contributed by atoms with van der Waals surface area (Å²) >= 11 is 6.11. The molecule has 1 aromatic heterocycles. The third kappa shape index (κ3) is 3.61. The molecule has 0 spiro atoms. The van der Waals surface area contributed by atoms with E-state index >= 15 is 0 Å². The summed E-state index contributed by atoms with van der Waals surface area (Å²) in [4.78, 5) is 16.1. The largest absolute Gasteiger partial charge is 0.383 e. The van der Waals surface area contributed by atoms with Crippen LogP contribution in [0.4, 0.5) is 5.69 Å². The van der Waals surface area contributed by atoms with E-state index in [1.54, 1.807) is 13.3 Å². The Labute approximate surface area is 146 Å². The van der Waals surface area contributed by atoms with Gasteiger partial charge in [0.1, 0.15) is 5.02 Å². The first-order chi connectivity index (χ1) is 11.7. The topological polar surface area (TPSA) is 61.5 Å². The Morgan fingerprint density at radius 1 is 1.25 bits per heavy atom. The van der Waals surface area contributed by atoms with E-state index in [9.17, 15) is 4.79 Å². The fraction of sp³-hybridized carbons (Fsp3) is 0.412. The van der Waals surface area contributed by atoms with Gasteiger partial charge in [0.25, 0.3) is 5.56 Å². The van der Waals surface area contributed by atoms with Crippen LogP contribution in [-0.4, -0.2) is 55.0 Å². The van der Waals surface area contributed by atoms with E-state index in [4.69, 9.17) is 16.3 Å². The summed E-state index contributed by atoms with van der Waals surface area (Å²) < 4.78 is 5.43. The van der Waals surface area contributed by atoms with Gasteiger partial charge in [0.15, 0.2) is 0 Å². The van der Waals surface area contributed by atoms with Crippen LogP contribution in [0.3, 0.4) is 0 Å². The molecule has 1 saturated heterocycles. The van der Waals surface area contributed by atoms with E-state index in [1.807, 2.05) is 6.07 Å². The number of halogens is 1. The van der Waals surface area contributed by atoms with Crippen LogP contribution in [0.2, 0.25) is 5.02 Å². The summed E-state index contributed by atoms with van der Waals surface area (Å²) in [6, 6.07) is 10.6. The Bertz CT molecular complexity index is 714. The molecule has 1 fully saturated rings. The van der Waals surface area contributed by atoms with Crippen molar-refractivity contribution < 1.29 is 4.74 Å². The number of hydrogen-bond donors (Lipinski definition) is 1. The van der Waals surface area contributed by atoms with Crippen molar-refractivity contribution in [2.75, 3.05) is 44.8 Å². The van der Waals surface area contributed by atoms with Gasteiger partial charge >= 0.3 is 0 Å². The van der Waals surface area contributed by atoms with Crippen LogP contribution in [-0.2, 0) is 4.74 Å². The summed E-state index contributed by atoms with van der Waals surface area (Å²) in [5.74, 6) is 0. The van der Waals surface area contributed by atoms with Gasteiger partial charge in [-0.1, -0.05) is 41.9 Å². The molecular formula is C17H21ClN4O2. The van der Waals surface area contributed by atoms with Gasteiger partial charge in [0.05, 0.1) is 24.5 Å². The van der Waals surface area contributed by atoms with Crippen LogP contribution in [0.1, 0.15) is 11.6 Å². The summed E-state index contributed by atoms with van der Waals surface area (Å²) in [7, 11) is 1.73. The number of piperazine rings is 1. The van der Waals surface area contributed by atoms with Crippen molar-refractivity contribution in [3.63, 3.8) is 0 Å². The Balaban J connectivity index is 1.71. The maximum absolute atomic E-state index is 11.6. The van der Waals surface area contributed by atoms with E-state index < -0.39 is 0 Å². The van der Waals surface area contributed by atoms with E-state index in [2.05, 4.69) is 44.3 Å². The minimum Gasteiger partial charge on any atom is -0.383 e. The quantitative estimate of drug-likeness (QED) is 0.894. The lowest BCUT2D eigenvalue weighted by molar-refractivity contribution is 0.0856. The van der Waals surface area contributed by atoms with Gasteiger partial charge in [-0.2, -0.15) is 5.10 Å². The fourth-order valence-electron chi connectivity index (χ4n) is 3.11. The van der Waals surface area contributed by atoms with Crippen LogP contribution < -0.4 is 10.5 Å². The number of ether oxygens (including phenoxy) is 1. The van der Waals surface area contributed by atoms with Gasteiger partial charge in [0.2, 0.25) is 0 Å². The molecule has 2 heterocycles. The van der Waals surface area contributed by atoms with E-state index in [1.165, 1.54) is 5.56 Å². The first kappa shape index (κ1) is 17.0. The molecule has 24 heavy (non-hydrogen) atoms. The average molecular weight is 349 g/mol. The van der Waals surface area contributed by atoms with Crippen molar-refractivity contribution in [3.05, 3.63) is 57.5 Å². The zero-order valence-electron chi connectivity index (χ0n) is 13.6. The van der Waals surface area contributed by atoms with Crippen molar-refractivity contribution in [1.29, 1.82) is 0 Å². The fourth-order valence-corrected chi connectivity index (χ4v) is 3.33. The predicted octanol–water partition coefficient (Wildman–Crippen LogP) is 1.93. The van der Waals surface area contributed by atoms with E-state index in [-0.39, 0.29) is 16.6 Å². The molecule has 0 saturated carbocycles. The molecule has 3 rings (SSSR count). The lowest BCUT2D eigenvalue weighted by Crippen LogP contribution is -2.48. The third-order valence-electron chi connectivity index (χ3n) is 4.38. The second-order valence-corrected chi connectivity index (χ2v) is 6.18. The number of aromatic nitrogens is 2. The highest BCUT2D eigenvalue weighted by Gasteiger charge is 2.26. The summed E-state index contributed by atoms with van der Waals surface area (Å²) in [5, 5.41) is 6.41. The molecule has 6 nitrogen and oxygen atoms in total. The van der Waals surface area contributed by atoms with Crippen molar-refractivity contribution >= 4 is 17.3 Å². The summed E-state index contributed by atoms with van der Waals surface area (Å²) in [6.45, 7) is 3.96. The normalized spacial score (nSPS) is 17.0. The molecule has 1 aromatic carbocycles. The zero-order valence-corrected chi connectivity index (χ0v) is 14.4. The third-order valence-corrected chi connectivity index (χ3v) is 4.75. The van der Waals surface area contributed by atoms with Crippen LogP contribution in [0, 0.1) is 0 Å². The van der Waals surface area contributed by atoms with Crippen molar-refractivity contribution in [2.45, 2.75) is 6.04 Å². The van der Waals surface area contributed by atoms with Gasteiger partial charge in [-0.3, -0.25) is 9.69 Å². The van der Waals surface area contributed by atoms with Gasteiger partial charge < -0.3 is 9.64 Å². The predicted molar refractivity (Wildman–Crippen MR) is 94.7 cm³/mol. The Kier molecular flexibility index (Phi) is 5.50. The summed E-state index contributed by atoms with van der Waals surface area (Å²) in [6.07, 6.45) is 1.61. The lowest BCUT2D eigenvalue weighted by Gasteiger charge is -2.40. The number of H-pyrrole nitrogens is 1. The molecule has 0 bridgehead atoms. The standard InChI is InChI=1S/C17H21ClN4O2/c1-24-12-15(13-5-3-2-4-6-13)22-9-7-21(8-10-22)14-11-19-20-17(23)16(14)18/h2-6,11,15H,7-10,12H2,1H3,(H,20,23)/t15-/m0/s1. The lowest BCUT2D eigenvalue weighted by atomic mass is 10.1. The SMILES string of the molecule is COC[C@@H](c1ccccc1)N1CCN(c2cn[nH]c(=O)c2Cl)CC1. The molecule has 0 amide bonds. The number of nitrogens with zero attached hydrogens (tertiary/aromatic N) is 3. The molecule has 1 atom stereocenters. The Morgan fingerprint density at radius 3 is 2.62 bits per heavy atom. The van der Waals surface area contributed by atoms with Crippen LogP contribution >= 0.6 is 11.6 Å². The van der Waals surface area contributed by atoms with Gasteiger partial charge in [-0.05, 0) is 5.56 Å². The molecule has 1 aliphatic rings. The maximum atomic E-state index is 11.6. The number of rotatable bonds is 5. The molecule has 0 radical (unpaired) electrons. The number of nitrogens with one attached hydrogen (secondary N) is 1. The van der Waals surface area contributed by atoms with Gasteiger partial charge in [-0.25, -0.2) is 5.10 Å². The minimum absolute atomic E-state index is 0.204. The summed E-state index contributed by atoms with van der Waals surface area (Å²) in [5.41, 5.74) is 1.60. The number of methoxy groups -OCH3 is 1. The molecule has 1 N–H and O–H groups in total. The second-order valence-electron chi connectivity index (χ2n) is 5.80. The number of anilines is 1. The second kappa shape index (κ2) is 7.79. The molecule has 1 aliphatic heterocycles. The zero-order chi connectivity index (χ0) is 16.9. The maximum Gasteiger partial charge on any atom is 0.285 e. The molecule has 128 valence electrons. The Hall–Kier alpha value is -1.89. The molecule has 2 aromatic rings. The van der Waals surface area contributed by atoms with Gasteiger partial charge in [0, 0.05) is 33.3 Å². The van der Waals surface area contributed by atoms with Crippen LogP contribution in [0.25, 0.3) is 0 Å². The molecular weight excluding hydrogens is 328 g/mol. The first-order valence-corrected chi connectivity index (χ1v) is 8.34. The molecule has 0 unspecified atom stereocenters. The van der Waals surface area contributed by atoms with Crippen molar-refractivity contribution in [1.82, 2.24) is 15.1 Å². The number of aromatic amines is 1. The van der Waals surface area contributed by atoms with Crippen LogP contribution in [0.5, 0.6) is 0 Å². The van der Waals surface area contributed by atoms with Crippen molar-refractivity contribution in [3.8, 4) is 0 Å². The van der Waals surface area contributed by atoms with E-state index in [0.717, 1.165) is 26.2 Å². The number of benzene rings is 1. The molecule has 0 aliphatic carbocycles. The number of hydrogen-bond acceptors (Lipinski definition) is 5. The highest BCUT2D eigenvalue weighted by molar-refractivity contribution is 6.32. The first-order valence-electron chi connectivity index (χ1n) is 7.96. The highest BCUT2D eigenvalue weighted by atomic mass is 35.5. The highest BCUT2D eigenvalue weighted by Crippen LogP contribution is 2.26. The average Bonchev–Trinajstić information content (AvgIpc) is 2.63. The smallest absolute Gasteiger partial charge is 0.285 e. The van der Waals surface area contributed by atoms with Crippen molar-refractivity contribution in [2.24, 2.45) is 0 Å². The molecule has 7 heteroatoms. The minimum atomic E-state index is -0.349. The van der Waals surface area contributed by atoms with Crippen LogP contribution in [0.15, 0.2) is 41.3 Å². The monoisotopic (exact) mass is 348 g/mol. The van der Waals surface area contributed by atoms with Gasteiger partial charge in [-0.15, -0.1) is 0 Å².